The van der Waals surface area contributed by atoms with Crippen molar-refractivity contribution in [1.29, 1.82) is 0 Å². The third-order valence-corrected chi connectivity index (χ3v) is 4.14. The van der Waals surface area contributed by atoms with Crippen LogP contribution in [-0.2, 0) is 13.0 Å². The number of hydrogen-bond donors (Lipinski definition) is 1. The van der Waals surface area contributed by atoms with Gasteiger partial charge in [0.1, 0.15) is 5.65 Å². The third-order valence-electron chi connectivity index (χ3n) is 4.14. The molecular formula is C19H16N4O2. The standard InChI is InChI=1S/C19H16N4O2/c24-19(25)17-11-21-23(13-17)12-15-5-3-14(4-6-15)10-16-2-1-8-22-9-7-20-18(16)22/h1-9,11,13H,10,12H2,(H,24,25). The van der Waals surface area contributed by atoms with Crippen molar-refractivity contribution in [3.63, 3.8) is 0 Å². The van der Waals surface area contributed by atoms with Crippen molar-refractivity contribution in [2.75, 3.05) is 0 Å². The van der Waals surface area contributed by atoms with Crippen molar-refractivity contribution in [2.24, 2.45) is 0 Å². The molecule has 0 amide bonds. The number of pyridine rings is 1. The molecule has 0 saturated carbocycles. The van der Waals surface area contributed by atoms with E-state index in [1.165, 1.54) is 23.5 Å². The number of benzene rings is 1. The fourth-order valence-electron chi connectivity index (χ4n) is 2.88. The Morgan fingerprint density at radius 3 is 2.64 bits per heavy atom. The van der Waals surface area contributed by atoms with E-state index in [1.54, 1.807) is 10.9 Å². The maximum atomic E-state index is 10.9. The van der Waals surface area contributed by atoms with Crippen LogP contribution < -0.4 is 0 Å². The van der Waals surface area contributed by atoms with E-state index < -0.39 is 5.97 Å². The molecular weight excluding hydrogens is 316 g/mol. The fraction of sp³-hybridized carbons (Fsp3) is 0.105. The van der Waals surface area contributed by atoms with Crippen LogP contribution in [0.4, 0.5) is 0 Å². The number of nitrogens with zero attached hydrogens (tertiary/aromatic N) is 4. The van der Waals surface area contributed by atoms with Gasteiger partial charge in [0.25, 0.3) is 0 Å². The number of hydrogen-bond acceptors (Lipinski definition) is 3. The number of carbonyl (C=O) groups is 1. The highest BCUT2D eigenvalue weighted by Crippen LogP contribution is 2.15. The van der Waals surface area contributed by atoms with Crippen molar-refractivity contribution in [2.45, 2.75) is 13.0 Å². The summed E-state index contributed by atoms with van der Waals surface area (Å²) >= 11 is 0. The zero-order valence-corrected chi connectivity index (χ0v) is 13.4. The first-order chi connectivity index (χ1) is 12.2. The van der Waals surface area contributed by atoms with Crippen LogP contribution >= 0.6 is 0 Å². The molecule has 0 aliphatic heterocycles. The number of carboxylic acids is 1. The van der Waals surface area contributed by atoms with E-state index in [4.69, 9.17) is 5.11 Å². The smallest absolute Gasteiger partial charge is 0.338 e. The highest BCUT2D eigenvalue weighted by Gasteiger charge is 2.07. The molecule has 0 unspecified atom stereocenters. The van der Waals surface area contributed by atoms with Crippen LogP contribution in [0.5, 0.6) is 0 Å². The van der Waals surface area contributed by atoms with Crippen molar-refractivity contribution in [3.8, 4) is 0 Å². The summed E-state index contributed by atoms with van der Waals surface area (Å²) in [6.07, 6.45) is 9.45. The van der Waals surface area contributed by atoms with Gasteiger partial charge in [-0.25, -0.2) is 9.78 Å². The van der Waals surface area contributed by atoms with Crippen LogP contribution in [0.3, 0.4) is 0 Å². The summed E-state index contributed by atoms with van der Waals surface area (Å²) in [5.74, 6) is -0.963. The molecule has 0 radical (unpaired) electrons. The van der Waals surface area contributed by atoms with Crippen LogP contribution in [0.2, 0.25) is 0 Å². The van der Waals surface area contributed by atoms with Crippen LogP contribution in [0.25, 0.3) is 5.65 Å². The lowest BCUT2D eigenvalue weighted by Crippen LogP contribution is -2.01. The van der Waals surface area contributed by atoms with Gasteiger partial charge in [-0.15, -0.1) is 0 Å². The summed E-state index contributed by atoms with van der Waals surface area (Å²) in [6, 6.07) is 12.4. The second-order valence-corrected chi connectivity index (χ2v) is 5.92. The summed E-state index contributed by atoms with van der Waals surface area (Å²) in [5, 5.41) is 13.0. The summed E-state index contributed by atoms with van der Waals surface area (Å²) in [6.45, 7) is 0.545. The Hall–Kier alpha value is -3.41. The molecule has 124 valence electrons. The van der Waals surface area contributed by atoms with Gasteiger partial charge >= 0.3 is 5.97 Å². The van der Waals surface area contributed by atoms with E-state index in [1.807, 2.05) is 35.0 Å². The second kappa shape index (κ2) is 6.24. The molecule has 0 bridgehead atoms. The normalized spacial score (nSPS) is 11.0. The minimum atomic E-state index is -0.963. The average Bonchev–Trinajstić information content (AvgIpc) is 3.26. The van der Waals surface area contributed by atoms with Crippen LogP contribution in [0.1, 0.15) is 27.0 Å². The SMILES string of the molecule is O=C(O)c1cnn(Cc2ccc(Cc3cccn4ccnc34)cc2)c1. The largest absolute Gasteiger partial charge is 0.478 e. The summed E-state index contributed by atoms with van der Waals surface area (Å²) < 4.78 is 3.64. The van der Waals surface area contributed by atoms with Crippen molar-refractivity contribution < 1.29 is 9.90 Å². The van der Waals surface area contributed by atoms with Crippen LogP contribution in [-0.4, -0.2) is 30.2 Å². The topological polar surface area (TPSA) is 72.4 Å². The van der Waals surface area contributed by atoms with Gasteiger partial charge in [0, 0.05) is 31.2 Å². The molecule has 3 heterocycles. The monoisotopic (exact) mass is 332 g/mol. The van der Waals surface area contributed by atoms with Crippen molar-refractivity contribution >= 4 is 11.6 Å². The van der Waals surface area contributed by atoms with Crippen molar-refractivity contribution in [3.05, 3.63) is 89.6 Å². The Labute approximate surface area is 144 Å². The number of carboxylic acid groups (broad SMARTS) is 1. The molecule has 4 aromatic rings. The van der Waals surface area contributed by atoms with E-state index in [0.717, 1.165) is 17.6 Å². The van der Waals surface area contributed by atoms with Gasteiger partial charge in [-0.3, -0.25) is 4.68 Å². The van der Waals surface area contributed by atoms with E-state index >= 15 is 0 Å². The van der Waals surface area contributed by atoms with Gasteiger partial charge in [-0.1, -0.05) is 30.3 Å². The highest BCUT2D eigenvalue weighted by atomic mass is 16.4. The number of aromatic nitrogens is 4. The van der Waals surface area contributed by atoms with Crippen molar-refractivity contribution in [1.82, 2.24) is 19.2 Å². The summed E-state index contributed by atoms with van der Waals surface area (Å²) in [7, 11) is 0. The molecule has 1 N–H and O–H groups in total. The van der Waals surface area contributed by atoms with E-state index in [2.05, 4.69) is 28.3 Å². The Morgan fingerprint density at radius 2 is 1.88 bits per heavy atom. The van der Waals surface area contributed by atoms with Crippen LogP contribution in [0.15, 0.2) is 67.4 Å². The Balaban J connectivity index is 1.50. The van der Waals surface area contributed by atoms with Gasteiger partial charge in [-0.2, -0.15) is 5.10 Å². The quantitative estimate of drug-likeness (QED) is 0.610. The first-order valence-corrected chi connectivity index (χ1v) is 7.93. The van der Waals surface area contributed by atoms with Gasteiger partial charge in [-0.05, 0) is 22.8 Å². The predicted molar refractivity (Wildman–Crippen MR) is 92.7 cm³/mol. The maximum Gasteiger partial charge on any atom is 0.338 e. The maximum absolute atomic E-state index is 10.9. The third kappa shape index (κ3) is 3.14. The Kier molecular flexibility index (Phi) is 3.78. The highest BCUT2D eigenvalue weighted by molar-refractivity contribution is 5.86. The molecule has 4 rings (SSSR count). The second-order valence-electron chi connectivity index (χ2n) is 5.92. The number of aromatic carboxylic acids is 1. The van der Waals surface area contributed by atoms with Gasteiger partial charge in [0.05, 0.1) is 18.3 Å². The molecule has 0 aliphatic carbocycles. The van der Waals surface area contributed by atoms with Gasteiger partial charge < -0.3 is 9.51 Å². The molecule has 1 aromatic carbocycles. The molecule has 3 aromatic heterocycles. The van der Waals surface area contributed by atoms with E-state index in [-0.39, 0.29) is 5.56 Å². The summed E-state index contributed by atoms with van der Waals surface area (Å²) in [4.78, 5) is 15.3. The molecule has 0 spiro atoms. The van der Waals surface area contributed by atoms with E-state index in [0.29, 0.717) is 6.54 Å². The minimum absolute atomic E-state index is 0.199. The van der Waals surface area contributed by atoms with Gasteiger partial charge in [0.15, 0.2) is 0 Å². The predicted octanol–water partition coefficient (Wildman–Crippen LogP) is 2.87. The Morgan fingerprint density at radius 1 is 1.08 bits per heavy atom. The van der Waals surface area contributed by atoms with E-state index in [9.17, 15) is 4.79 Å². The number of fused-ring (bicyclic) bond motifs is 1. The van der Waals surface area contributed by atoms with Crippen LogP contribution in [0, 0.1) is 0 Å². The molecule has 0 atom stereocenters. The number of imidazole rings is 1. The zero-order valence-electron chi connectivity index (χ0n) is 13.4. The molecule has 0 fully saturated rings. The fourth-order valence-corrected chi connectivity index (χ4v) is 2.88. The molecule has 0 saturated heterocycles. The molecule has 0 aliphatic rings. The van der Waals surface area contributed by atoms with Gasteiger partial charge in [0.2, 0.25) is 0 Å². The zero-order chi connectivity index (χ0) is 17.2. The molecule has 6 heteroatoms. The number of rotatable bonds is 5. The lowest BCUT2D eigenvalue weighted by Gasteiger charge is -2.06. The molecule has 25 heavy (non-hydrogen) atoms. The molecule has 6 nitrogen and oxygen atoms in total. The lowest BCUT2D eigenvalue weighted by atomic mass is 10.0. The average molecular weight is 332 g/mol. The minimum Gasteiger partial charge on any atom is -0.478 e. The Bertz CT molecular complexity index is 1030. The lowest BCUT2D eigenvalue weighted by molar-refractivity contribution is 0.0697. The first kappa shape index (κ1) is 15.1. The summed E-state index contributed by atoms with van der Waals surface area (Å²) in [5.41, 5.74) is 4.63. The first-order valence-electron chi connectivity index (χ1n) is 7.93.